The third kappa shape index (κ3) is 2.89. The van der Waals surface area contributed by atoms with E-state index in [9.17, 15) is 0 Å². The smallest absolute Gasteiger partial charge is 0.133 e. The van der Waals surface area contributed by atoms with Gasteiger partial charge in [-0.15, -0.1) is 0 Å². The third-order valence-corrected chi connectivity index (χ3v) is 3.40. The lowest BCUT2D eigenvalue weighted by atomic mass is 10.1. The molecule has 0 unspecified atom stereocenters. The molecule has 1 atom stereocenters. The Morgan fingerprint density at radius 3 is 3.00 bits per heavy atom. The fourth-order valence-corrected chi connectivity index (χ4v) is 2.26. The van der Waals surface area contributed by atoms with Crippen molar-refractivity contribution in [1.82, 2.24) is 5.32 Å². The zero-order chi connectivity index (χ0) is 11.4. The van der Waals surface area contributed by atoms with Gasteiger partial charge in [-0.2, -0.15) is 0 Å². The average Bonchev–Trinajstić information content (AvgIpc) is 2.80. The van der Waals surface area contributed by atoms with Gasteiger partial charge >= 0.3 is 0 Å². The van der Waals surface area contributed by atoms with Crippen LogP contribution in [0.1, 0.15) is 6.42 Å². The average molecular weight is 286 g/mol. The van der Waals surface area contributed by atoms with Crippen LogP contribution in [-0.2, 0) is 0 Å². The number of hydrogen-bond acceptors (Lipinski definition) is 3. The molecule has 4 heteroatoms. The molecule has 1 aromatic carbocycles. The summed E-state index contributed by atoms with van der Waals surface area (Å²) < 4.78 is 11.9. The molecule has 1 N–H and O–H groups in total. The van der Waals surface area contributed by atoms with Gasteiger partial charge in [0.05, 0.1) is 18.2 Å². The van der Waals surface area contributed by atoms with E-state index < -0.39 is 0 Å². The molecular formula is C12H16BrNO2. The van der Waals surface area contributed by atoms with Crippen LogP contribution in [0.5, 0.6) is 11.5 Å². The molecule has 16 heavy (non-hydrogen) atoms. The molecule has 88 valence electrons. The van der Waals surface area contributed by atoms with Crippen molar-refractivity contribution in [3.8, 4) is 11.5 Å². The van der Waals surface area contributed by atoms with Gasteiger partial charge in [0, 0.05) is 12.5 Å². The minimum Gasteiger partial charge on any atom is -0.497 e. The van der Waals surface area contributed by atoms with Gasteiger partial charge in [-0.25, -0.2) is 0 Å². The van der Waals surface area contributed by atoms with E-state index in [0.29, 0.717) is 5.92 Å². The monoisotopic (exact) mass is 285 g/mol. The van der Waals surface area contributed by atoms with Crippen LogP contribution in [0.2, 0.25) is 0 Å². The molecule has 0 radical (unpaired) electrons. The zero-order valence-corrected chi connectivity index (χ0v) is 10.9. The highest BCUT2D eigenvalue weighted by atomic mass is 79.9. The van der Waals surface area contributed by atoms with E-state index in [1.807, 2.05) is 18.2 Å². The molecule has 1 saturated heterocycles. The van der Waals surface area contributed by atoms with Crippen molar-refractivity contribution in [1.29, 1.82) is 0 Å². The minimum absolute atomic E-state index is 0.633. The highest BCUT2D eigenvalue weighted by molar-refractivity contribution is 9.10. The highest BCUT2D eigenvalue weighted by Crippen LogP contribution is 2.29. The summed E-state index contributed by atoms with van der Waals surface area (Å²) >= 11 is 3.48. The normalized spacial score (nSPS) is 19.8. The van der Waals surface area contributed by atoms with E-state index >= 15 is 0 Å². The molecule has 0 spiro atoms. The van der Waals surface area contributed by atoms with Crippen LogP contribution in [0, 0.1) is 5.92 Å². The Kier molecular flexibility index (Phi) is 4.07. The topological polar surface area (TPSA) is 30.5 Å². The Balaban J connectivity index is 1.93. The van der Waals surface area contributed by atoms with Crippen molar-refractivity contribution in [2.75, 3.05) is 26.8 Å². The van der Waals surface area contributed by atoms with Crippen LogP contribution in [0.4, 0.5) is 0 Å². The summed E-state index contributed by atoms with van der Waals surface area (Å²) in [5.74, 6) is 2.35. The highest BCUT2D eigenvalue weighted by Gasteiger charge is 2.15. The molecule has 0 aliphatic carbocycles. The Morgan fingerprint density at radius 1 is 1.50 bits per heavy atom. The zero-order valence-electron chi connectivity index (χ0n) is 9.33. The van der Waals surface area contributed by atoms with Gasteiger partial charge in [-0.3, -0.25) is 0 Å². The largest absolute Gasteiger partial charge is 0.497 e. The molecule has 0 amide bonds. The maximum atomic E-state index is 5.78. The van der Waals surface area contributed by atoms with Gasteiger partial charge in [-0.05, 0) is 47.1 Å². The van der Waals surface area contributed by atoms with Crippen molar-refractivity contribution in [2.24, 2.45) is 5.92 Å². The summed E-state index contributed by atoms with van der Waals surface area (Å²) in [6, 6.07) is 5.76. The number of halogens is 1. The SMILES string of the molecule is COc1ccc(OC[C@@H]2CCNC2)c(Br)c1. The van der Waals surface area contributed by atoms with E-state index in [1.165, 1.54) is 6.42 Å². The van der Waals surface area contributed by atoms with Gasteiger partial charge in [0.1, 0.15) is 11.5 Å². The summed E-state index contributed by atoms with van der Waals surface area (Å²) in [5, 5.41) is 3.33. The Bertz CT molecular complexity index is 351. The molecule has 2 rings (SSSR count). The molecule has 0 bridgehead atoms. The first-order valence-corrected chi connectivity index (χ1v) is 6.26. The quantitative estimate of drug-likeness (QED) is 0.922. The molecule has 1 heterocycles. The fraction of sp³-hybridized carbons (Fsp3) is 0.500. The molecule has 0 saturated carbocycles. The van der Waals surface area contributed by atoms with Crippen LogP contribution in [0.15, 0.2) is 22.7 Å². The molecule has 1 aliphatic rings. The van der Waals surface area contributed by atoms with Crippen molar-refractivity contribution in [3.63, 3.8) is 0 Å². The molecule has 1 fully saturated rings. The van der Waals surface area contributed by atoms with Gasteiger partial charge < -0.3 is 14.8 Å². The van der Waals surface area contributed by atoms with Crippen molar-refractivity contribution in [2.45, 2.75) is 6.42 Å². The number of rotatable bonds is 4. The first kappa shape index (κ1) is 11.7. The lowest BCUT2D eigenvalue weighted by molar-refractivity contribution is 0.258. The number of hydrogen-bond donors (Lipinski definition) is 1. The lowest BCUT2D eigenvalue weighted by Crippen LogP contribution is -2.15. The molecular weight excluding hydrogens is 270 g/mol. The standard InChI is InChI=1S/C12H16BrNO2/c1-15-10-2-3-12(11(13)6-10)16-8-9-4-5-14-7-9/h2-3,6,9,14H,4-5,7-8H2,1H3/t9-/m1/s1. The molecule has 1 aliphatic heterocycles. The molecule has 0 aromatic heterocycles. The maximum Gasteiger partial charge on any atom is 0.133 e. The second-order valence-electron chi connectivity index (χ2n) is 3.97. The summed E-state index contributed by atoms with van der Waals surface area (Å²) in [6.07, 6.45) is 1.20. The first-order valence-electron chi connectivity index (χ1n) is 5.46. The van der Waals surface area contributed by atoms with Crippen LogP contribution >= 0.6 is 15.9 Å². The molecule has 3 nitrogen and oxygen atoms in total. The third-order valence-electron chi connectivity index (χ3n) is 2.78. The van der Waals surface area contributed by atoms with Gasteiger partial charge in [0.15, 0.2) is 0 Å². The van der Waals surface area contributed by atoms with E-state index in [-0.39, 0.29) is 0 Å². The maximum absolute atomic E-state index is 5.78. The van der Waals surface area contributed by atoms with Crippen LogP contribution in [0.3, 0.4) is 0 Å². The Hall–Kier alpha value is -0.740. The summed E-state index contributed by atoms with van der Waals surface area (Å²) in [5.41, 5.74) is 0. The summed E-state index contributed by atoms with van der Waals surface area (Å²) in [4.78, 5) is 0. The van der Waals surface area contributed by atoms with Crippen LogP contribution in [-0.4, -0.2) is 26.8 Å². The lowest BCUT2D eigenvalue weighted by Gasteiger charge is -2.12. The predicted molar refractivity (Wildman–Crippen MR) is 67.2 cm³/mol. The summed E-state index contributed by atoms with van der Waals surface area (Å²) in [7, 11) is 1.66. The number of nitrogens with one attached hydrogen (secondary N) is 1. The second kappa shape index (κ2) is 5.55. The fourth-order valence-electron chi connectivity index (χ4n) is 1.79. The first-order chi connectivity index (χ1) is 7.79. The van der Waals surface area contributed by atoms with E-state index in [0.717, 1.165) is 35.7 Å². The number of methoxy groups -OCH3 is 1. The van der Waals surface area contributed by atoms with Crippen LogP contribution in [0.25, 0.3) is 0 Å². The summed E-state index contributed by atoms with van der Waals surface area (Å²) in [6.45, 7) is 2.95. The van der Waals surface area contributed by atoms with Crippen molar-refractivity contribution < 1.29 is 9.47 Å². The van der Waals surface area contributed by atoms with E-state index in [1.54, 1.807) is 7.11 Å². The van der Waals surface area contributed by atoms with E-state index in [2.05, 4.69) is 21.2 Å². The van der Waals surface area contributed by atoms with Crippen molar-refractivity contribution >= 4 is 15.9 Å². The number of ether oxygens (including phenoxy) is 2. The van der Waals surface area contributed by atoms with Crippen molar-refractivity contribution in [3.05, 3.63) is 22.7 Å². The van der Waals surface area contributed by atoms with Gasteiger partial charge in [0.2, 0.25) is 0 Å². The second-order valence-corrected chi connectivity index (χ2v) is 4.82. The minimum atomic E-state index is 0.633. The Labute approximate surface area is 104 Å². The molecule has 1 aromatic rings. The van der Waals surface area contributed by atoms with Gasteiger partial charge in [-0.1, -0.05) is 0 Å². The van der Waals surface area contributed by atoms with E-state index in [4.69, 9.17) is 9.47 Å². The van der Waals surface area contributed by atoms with Gasteiger partial charge in [0.25, 0.3) is 0 Å². The predicted octanol–water partition coefficient (Wildman–Crippen LogP) is 2.45. The van der Waals surface area contributed by atoms with Crippen LogP contribution < -0.4 is 14.8 Å². The number of benzene rings is 1. The Morgan fingerprint density at radius 2 is 2.38 bits per heavy atom.